The van der Waals surface area contributed by atoms with E-state index in [4.69, 9.17) is 0 Å². The van der Waals surface area contributed by atoms with E-state index in [-0.39, 0.29) is 0 Å². The summed E-state index contributed by atoms with van der Waals surface area (Å²) in [5.74, 6) is 0. The molecule has 0 amide bonds. The summed E-state index contributed by atoms with van der Waals surface area (Å²) in [4.78, 5) is 4.46. The smallest absolute Gasteiger partial charge is 0.156 e. The van der Waals surface area contributed by atoms with Crippen molar-refractivity contribution in [3.8, 4) is 0 Å². The van der Waals surface area contributed by atoms with Gasteiger partial charge in [-0.05, 0) is 18.8 Å². The Labute approximate surface area is 85.6 Å². The van der Waals surface area contributed by atoms with Crippen LogP contribution in [-0.2, 0) is 0 Å². The summed E-state index contributed by atoms with van der Waals surface area (Å²) in [5.41, 5.74) is 0.425. The lowest BCUT2D eigenvalue weighted by molar-refractivity contribution is 0.375. The Morgan fingerprint density at radius 1 is 1.54 bits per heavy atom. The maximum Gasteiger partial charge on any atom is 0.156 e. The van der Waals surface area contributed by atoms with Gasteiger partial charge in [0, 0.05) is 11.8 Å². The summed E-state index contributed by atoms with van der Waals surface area (Å²) < 4.78 is 0. The summed E-state index contributed by atoms with van der Waals surface area (Å²) in [7, 11) is 0. The second-order valence-corrected chi connectivity index (χ2v) is 5.97. The minimum Gasteiger partial charge on any atom is -0.365 e. The molecule has 1 unspecified atom stereocenters. The zero-order chi connectivity index (χ0) is 9.90. The lowest BCUT2D eigenvalue weighted by Crippen LogP contribution is -2.20. The Kier molecular flexibility index (Phi) is 3.65. The maximum atomic E-state index is 4.46. The molecule has 2 nitrogen and oxygen atoms in total. The number of nitrogens with zero attached hydrogens (tertiary/aromatic N) is 1. The standard InChI is InChI=1S/C10H20N2S/c1-5-11-9-12-7-8(13-9)6-10(2,3)4/h8H,5-7H2,1-4H3,(H,11,12). The molecule has 0 aromatic rings. The molecule has 1 N–H and O–H groups in total. The van der Waals surface area contributed by atoms with Crippen molar-refractivity contribution in [2.45, 2.75) is 39.4 Å². The summed E-state index contributed by atoms with van der Waals surface area (Å²) in [6.07, 6.45) is 1.25. The average Bonchev–Trinajstić information content (AvgIpc) is 2.33. The molecule has 0 fully saturated rings. The van der Waals surface area contributed by atoms with Crippen LogP contribution in [0.3, 0.4) is 0 Å². The van der Waals surface area contributed by atoms with E-state index >= 15 is 0 Å². The van der Waals surface area contributed by atoms with Gasteiger partial charge < -0.3 is 5.32 Å². The van der Waals surface area contributed by atoms with E-state index in [2.05, 4.69) is 38.0 Å². The first-order chi connectivity index (χ1) is 6.01. The van der Waals surface area contributed by atoms with Crippen molar-refractivity contribution in [2.75, 3.05) is 13.1 Å². The van der Waals surface area contributed by atoms with Crippen molar-refractivity contribution in [1.82, 2.24) is 5.32 Å². The summed E-state index contributed by atoms with van der Waals surface area (Å²) >= 11 is 1.90. The molecule has 3 heteroatoms. The molecule has 13 heavy (non-hydrogen) atoms. The van der Waals surface area contributed by atoms with Crippen LogP contribution in [0.25, 0.3) is 0 Å². The third-order valence-electron chi connectivity index (χ3n) is 1.88. The van der Waals surface area contributed by atoms with Gasteiger partial charge in [0.2, 0.25) is 0 Å². The first-order valence-electron chi connectivity index (χ1n) is 4.96. The number of hydrogen-bond acceptors (Lipinski definition) is 3. The fourth-order valence-electron chi connectivity index (χ4n) is 1.46. The number of amidine groups is 1. The molecule has 1 aliphatic rings. The fraction of sp³-hybridized carbons (Fsp3) is 0.900. The van der Waals surface area contributed by atoms with E-state index in [1.165, 1.54) is 6.42 Å². The van der Waals surface area contributed by atoms with Gasteiger partial charge in [0.25, 0.3) is 0 Å². The Balaban J connectivity index is 2.29. The minimum atomic E-state index is 0.425. The average molecular weight is 200 g/mol. The minimum absolute atomic E-state index is 0.425. The van der Waals surface area contributed by atoms with E-state index in [9.17, 15) is 0 Å². The van der Waals surface area contributed by atoms with E-state index < -0.39 is 0 Å². The van der Waals surface area contributed by atoms with Crippen LogP contribution in [0.2, 0.25) is 0 Å². The first-order valence-corrected chi connectivity index (χ1v) is 5.84. The molecule has 0 bridgehead atoms. The molecule has 1 atom stereocenters. The van der Waals surface area contributed by atoms with E-state index in [1.807, 2.05) is 11.8 Å². The van der Waals surface area contributed by atoms with Crippen molar-refractivity contribution in [3.05, 3.63) is 0 Å². The van der Waals surface area contributed by atoms with Crippen molar-refractivity contribution in [3.63, 3.8) is 0 Å². The largest absolute Gasteiger partial charge is 0.365 e. The summed E-state index contributed by atoms with van der Waals surface area (Å²) in [5, 5.41) is 5.10. The molecular weight excluding hydrogens is 180 g/mol. The molecule has 1 aliphatic heterocycles. The van der Waals surface area contributed by atoms with Crippen molar-refractivity contribution in [2.24, 2.45) is 10.4 Å². The van der Waals surface area contributed by atoms with E-state index in [0.29, 0.717) is 10.7 Å². The van der Waals surface area contributed by atoms with Gasteiger partial charge >= 0.3 is 0 Å². The highest BCUT2D eigenvalue weighted by Crippen LogP contribution is 2.31. The van der Waals surface area contributed by atoms with Gasteiger partial charge in [-0.1, -0.05) is 32.5 Å². The molecule has 0 aromatic heterocycles. The molecule has 0 aliphatic carbocycles. The van der Waals surface area contributed by atoms with Crippen LogP contribution in [0.1, 0.15) is 34.1 Å². The maximum absolute atomic E-state index is 4.46. The van der Waals surface area contributed by atoms with E-state index in [0.717, 1.165) is 18.3 Å². The Bertz CT molecular complexity index is 194. The zero-order valence-electron chi connectivity index (χ0n) is 9.05. The number of aliphatic imine (C=N–C) groups is 1. The second kappa shape index (κ2) is 4.36. The number of rotatable bonds is 2. The van der Waals surface area contributed by atoms with Crippen LogP contribution >= 0.6 is 11.8 Å². The number of thioether (sulfide) groups is 1. The van der Waals surface area contributed by atoms with Crippen LogP contribution in [0, 0.1) is 5.41 Å². The van der Waals surface area contributed by atoms with Gasteiger partial charge in [-0.15, -0.1) is 0 Å². The van der Waals surface area contributed by atoms with Gasteiger partial charge in [-0.2, -0.15) is 0 Å². The molecule has 76 valence electrons. The van der Waals surface area contributed by atoms with Crippen molar-refractivity contribution in [1.29, 1.82) is 0 Å². The second-order valence-electron chi connectivity index (χ2n) is 4.68. The monoisotopic (exact) mass is 200 g/mol. The molecule has 1 rings (SSSR count). The highest BCUT2D eigenvalue weighted by molar-refractivity contribution is 8.14. The molecule has 0 saturated carbocycles. The summed E-state index contributed by atoms with van der Waals surface area (Å²) in [6, 6.07) is 0. The number of hydrogen-bond donors (Lipinski definition) is 1. The fourth-order valence-corrected chi connectivity index (χ4v) is 2.88. The summed E-state index contributed by atoms with van der Waals surface area (Å²) in [6.45, 7) is 11.0. The van der Waals surface area contributed by atoms with Crippen LogP contribution < -0.4 is 5.32 Å². The predicted octanol–water partition coefficient (Wildman–Crippen LogP) is 2.50. The van der Waals surface area contributed by atoms with Crippen LogP contribution in [0.5, 0.6) is 0 Å². The SMILES string of the molecule is CCNC1=NCC(CC(C)(C)C)S1. The Morgan fingerprint density at radius 2 is 2.23 bits per heavy atom. The highest BCUT2D eigenvalue weighted by Gasteiger charge is 2.24. The van der Waals surface area contributed by atoms with Crippen LogP contribution in [0.4, 0.5) is 0 Å². The Hall–Kier alpha value is -0.180. The molecule has 1 heterocycles. The van der Waals surface area contributed by atoms with Crippen molar-refractivity contribution < 1.29 is 0 Å². The quantitative estimate of drug-likeness (QED) is 0.740. The highest BCUT2D eigenvalue weighted by atomic mass is 32.2. The molecule has 0 aromatic carbocycles. The van der Waals surface area contributed by atoms with E-state index in [1.54, 1.807) is 0 Å². The lowest BCUT2D eigenvalue weighted by atomic mass is 9.90. The third-order valence-corrected chi connectivity index (χ3v) is 3.03. The Morgan fingerprint density at radius 3 is 2.77 bits per heavy atom. The molecular formula is C10H20N2S. The zero-order valence-corrected chi connectivity index (χ0v) is 9.87. The molecule has 0 radical (unpaired) electrons. The van der Waals surface area contributed by atoms with Crippen LogP contribution in [-0.4, -0.2) is 23.5 Å². The van der Waals surface area contributed by atoms with Crippen LogP contribution in [0.15, 0.2) is 4.99 Å². The number of nitrogens with one attached hydrogen (secondary N) is 1. The van der Waals surface area contributed by atoms with Gasteiger partial charge in [0.15, 0.2) is 5.17 Å². The predicted molar refractivity (Wildman–Crippen MR) is 61.4 cm³/mol. The molecule has 0 saturated heterocycles. The lowest BCUT2D eigenvalue weighted by Gasteiger charge is -2.21. The normalized spacial score (nSPS) is 23.1. The van der Waals surface area contributed by atoms with Crippen molar-refractivity contribution >= 4 is 16.9 Å². The van der Waals surface area contributed by atoms with Gasteiger partial charge in [0.05, 0.1) is 6.54 Å². The third kappa shape index (κ3) is 4.03. The van der Waals surface area contributed by atoms with Gasteiger partial charge in [-0.25, -0.2) is 0 Å². The van der Waals surface area contributed by atoms with Gasteiger partial charge in [-0.3, -0.25) is 4.99 Å². The first kappa shape index (κ1) is 10.9. The van der Waals surface area contributed by atoms with Gasteiger partial charge in [0.1, 0.15) is 0 Å². The molecule has 0 spiro atoms. The topological polar surface area (TPSA) is 24.4 Å².